The van der Waals surface area contributed by atoms with Crippen molar-refractivity contribution >= 4 is 42.8 Å². The van der Waals surface area contributed by atoms with Crippen LogP contribution < -0.4 is 20.5 Å². The van der Waals surface area contributed by atoms with Crippen molar-refractivity contribution in [2.24, 2.45) is 5.14 Å². The van der Waals surface area contributed by atoms with Crippen LogP contribution in [0.15, 0.2) is 41.3 Å². The molecule has 2 heterocycles. The Labute approximate surface area is 259 Å². The van der Waals surface area contributed by atoms with Crippen molar-refractivity contribution < 1.29 is 36.2 Å². The lowest BCUT2D eigenvalue weighted by Gasteiger charge is -2.33. The van der Waals surface area contributed by atoms with Gasteiger partial charge in [-0.1, -0.05) is 24.0 Å². The fourth-order valence-corrected chi connectivity index (χ4v) is 6.76. The maximum absolute atomic E-state index is 13.7. The minimum atomic E-state index is -4.41. The van der Waals surface area contributed by atoms with Crippen LogP contribution in [0.1, 0.15) is 30.2 Å². The van der Waals surface area contributed by atoms with Crippen LogP contribution in [0.25, 0.3) is 10.1 Å². The molecule has 0 radical (unpaired) electrons. The molecule has 0 amide bonds. The van der Waals surface area contributed by atoms with Gasteiger partial charge in [0, 0.05) is 38.9 Å². The zero-order valence-corrected chi connectivity index (χ0v) is 26.2. The van der Waals surface area contributed by atoms with Gasteiger partial charge < -0.3 is 30.1 Å². The summed E-state index contributed by atoms with van der Waals surface area (Å²) in [5.74, 6) is 6.06. The molecule has 1 fully saturated rings. The number of sulfonamides is 1. The number of nitrogens with zero attached hydrogens (tertiary/aromatic N) is 1. The molecule has 1 aromatic heterocycles. The van der Waals surface area contributed by atoms with Gasteiger partial charge in [-0.15, -0.1) is 11.3 Å². The summed E-state index contributed by atoms with van der Waals surface area (Å²) in [4.78, 5) is 2.42. The SMILES string of the molecule is COCCOc1cc(S(N)(=O)=O)ccc1NCC#Cc1sc2c(NC3CCN(CC(C)O)CC3)cccc2c1CC(F)(F)F. The van der Waals surface area contributed by atoms with Crippen LogP contribution in [-0.4, -0.2) is 83.2 Å². The summed E-state index contributed by atoms with van der Waals surface area (Å²) < 4.78 is 75.9. The second kappa shape index (κ2) is 14.8. The molecule has 1 aliphatic rings. The van der Waals surface area contributed by atoms with Crippen molar-refractivity contribution in [2.75, 3.05) is 57.1 Å². The normalized spacial score (nSPS) is 15.5. The molecule has 1 unspecified atom stereocenters. The number of fused-ring (bicyclic) bond motifs is 1. The number of aliphatic hydroxyl groups excluding tert-OH is 1. The molecule has 0 aliphatic carbocycles. The maximum Gasteiger partial charge on any atom is 0.393 e. The summed E-state index contributed by atoms with van der Waals surface area (Å²) in [6, 6.07) is 9.61. The Morgan fingerprint density at radius 1 is 1.18 bits per heavy atom. The number of thiophene rings is 1. The summed E-state index contributed by atoms with van der Waals surface area (Å²) in [6.45, 7) is 4.53. The molecule has 240 valence electrons. The molecule has 4 rings (SSSR count). The molecule has 1 aliphatic heterocycles. The maximum atomic E-state index is 13.7. The van der Waals surface area contributed by atoms with Gasteiger partial charge in [-0.25, -0.2) is 13.6 Å². The number of likely N-dealkylation sites (tertiary alicyclic amines) is 1. The third kappa shape index (κ3) is 9.47. The van der Waals surface area contributed by atoms with Gasteiger partial charge in [0.25, 0.3) is 0 Å². The molecule has 5 N–H and O–H groups in total. The Morgan fingerprint density at radius 3 is 2.59 bits per heavy atom. The number of hydrogen-bond acceptors (Lipinski definition) is 9. The summed E-state index contributed by atoms with van der Waals surface area (Å²) in [5.41, 5.74) is 1.37. The first-order valence-corrected chi connectivity index (χ1v) is 16.5. The zero-order valence-electron chi connectivity index (χ0n) is 24.5. The molecule has 0 bridgehead atoms. The predicted molar refractivity (Wildman–Crippen MR) is 167 cm³/mol. The highest BCUT2D eigenvalue weighted by molar-refractivity contribution is 7.89. The Hall–Kier alpha value is -3.06. The average Bonchev–Trinajstić information content (AvgIpc) is 3.28. The van der Waals surface area contributed by atoms with Gasteiger partial charge in [0.1, 0.15) is 12.4 Å². The van der Waals surface area contributed by atoms with E-state index < -0.39 is 28.7 Å². The Balaban J connectivity index is 1.55. The fraction of sp³-hybridized carbons (Fsp3) is 0.467. The van der Waals surface area contributed by atoms with E-state index in [-0.39, 0.29) is 42.0 Å². The first-order valence-electron chi connectivity index (χ1n) is 14.1. The standard InChI is InChI=1S/C30H37F3N4O5S2/c1-20(38)19-37-13-10-21(11-14-37)36-26-6-3-5-23-24(18-30(31,32)33)28(43-29(23)26)7-4-12-35-25-9-8-22(44(34,39)40)17-27(25)42-16-15-41-2/h3,5-6,8-9,17,20-21,35-36,38H,10-16,18-19H2,1-2H3,(H2,34,39,40). The van der Waals surface area contributed by atoms with Crippen LogP contribution in [0.4, 0.5) is 24.5 Å². The van der Waals surface area contributed by atoms with Crippen LogP contribution in [0.2, 0.25) is 0 Å². The van der Waals surface area contributed by atoms with Gasteiger partial charge in [0.05, 0.1) is 51.5 Å². The van der Waals surface area contributed by atoms with Crippen molar-refractivity contribution in [3.05, 3.63) is 46.8 Å². The number of alkyl halides is 3. The van der Waals surface area contributed by atoms with E-state index in [1.807, 2.05) is 6.07 Å². The zero-order chi connectivity index (χ0) is 31.9. The number of nitrogens with one attached hydrogen (secondary N) is 2. The fourth-order valence-electron chi connectivity index (χ4n) is 5.06. The number of anilines is 2. The lowest BCUT2D eigenvalue weighted by atomic mass is 10.0. The Kier molecular flexibility index (Phi) is 11.4. The van der Waals surface area contributed by atoms with Crippen LogP contribution in [0, 0.1) is 11.8 Å². The van der Waals surface area contributed by atoms with Crippen LogP contribution in [-0.2, 0) is 21.2 Å². The molecule has 14 heteroatoms. The van der Waals surface area contributed by atoms with Crippen molar-refractivity contribution in [1.29, 1.82) is 0 Å². The highest BCUT2D eigenvalue weighted by Crippen LogP contribution is 2.39. The number of primary sulfonamides is 1. The summed E-state index contributed by atoms with van der Waals surface area (Å²) >= 11 is 1.23. The monoisotopic (exact) mass is 654 g/mol. The summed E-state index contributed by atoms with van der Waals surface area (Å²) in [5, 5.41) is 22.0. The Morgan fingerprint density at radius 2 is 1.93 bits per heavy atom. The number of benzene rings is 2. The molecule has 2 aromatic carbocycles. The second-order valence-corrected chi connectivity index (χ2v) is 13.2. The predicted octanol–water partition coefficient (Wildman–Crippen LogP) is 4.40. The molecule has 0 spiro atoms. The first-order chi connectivity index (χ1) is 20.8. The van der Waals surface area contributed by atoms with Gasteiger partial charge >= 0.3 is 6.18 Å². The molecule has 3 aromatic rings. The highest BCUT2D eigenvalue weighted by Gasteiger charge is 2.31. The topological polar surface area (TPSA) is 126 Å². The van der Waals surface area contributed by atoms with Crippen molar-refractivity contribution in [3.63, 3.8) is 0 Å². The molecule has 0 saturated carbocycles. The molecule has 1 saturated heterocycles. The number of piperidine rings is 1. The minimum absolute atomic E-state index is 0.0607. The van der Waals surface area contributed by atoms with E-state index in [1.54, 1.807) is 19.1 Å². The van der Waals surface area contributed by atoms with Crippen LogP contribution in [0.3, 0.4) is 0 Å². The van der Waals surface area contributed by atoms with E-state index >= 15 is 0 Å². The average molecular weight is 655 g/mol. The number of aliphatic hydroxyl groups is 1. The third-order valence-corrected chi connectivity index (χ3v) is 9.17. The molecular weight excluding hydrogens is 617 g/mol. The van der Waals surface area contributed by atoms with Crippen molar-refractivity contribution in [3.8, 4) is 17.6 Å². The quantitative estimate of drug-likeness (QED) is 0.167. The lowest BCUT2D eigenvalue weighted by Crippen LogP contribution is -2.41. The molecule has 44 heavy (non-hydrogen) atoms. The Bertz CT molecular complexity index is 1590. The van der Waals surface area contributed by atoms with Gasteiger partial charge in [0.15, 0.2) is 0 Å². The number of rotatable bonds is 12. The van der Waals surface area contributed by atoms with Gasteiger partial charge in [-0.3, -0.25) is 0 Å². The van der Waals surface area contributed by atoms with Crippen molar-refractivity contribution in [2.45, 2.75) is 49.4 Å². The van der Waals surface area contributed by atoms with Crippen molar-refractivity contribution in [1.82, 2.24) is 4.90 Å². The largest absolute Gasteiger partial charge is 0.489 e. The van der Waals surface area contributed by atoms with E-state index in [9.17, 15) is 26.7 Å². The number of hydrogen-bond donors (Lipinski definition) is 4. The molecule has 9 nitrogen and oxygen atoms in total. The smallest absolute Gasteiger partial charge is 0.393 e. The lowest BCUT2D eigenvalue weighted by molar-refractivity contribution is -0.126. The molecule has 1 atom stereocenters. The number of nitrogens with two attached hydrogens (primary N) is 1. The van der Waals surface area contributed by atoms with Crippen LogP contribution in [0.5, 0.6) is 5.75 Å². The van der Waals surface area contributed by atoms with E-state index in [0.29, 0.717) is 22.5 Å². The molecular formula is C30H37F3N4O5S2. The van der Waals surface area contributed by atoms with Crippen LogP contribution >= 0.6 is 11.3 Å². The third-order valence-electron chi connectivity index (χ3n) is 7.06. The van der Waals surface area contributed by atoms with E-state index in [1.165, 1.54) is 36.6 Å². The number of ether oxygens (including phenoxy) is 2. The first kappa shape index (κ1) is 33.8. The number of β-amino-alcohol motifs (C(OH)–C–C–N with tert-alkyl or cyclic N) is 1. The number of methoxy groups -OCH3 is 1. The van der Waals surface area contributed by atoms with Gasteiger partial charge in [-0.05, 0) is 48.9 Å². The number of halogens is 3. The second-order valence-electron chi connectivity index (χ2n) is 10.7. The summed E-state index contributed by atoms with van der Waals surface area (Å²) in [7, 11) is -2.46. The van der Waals surface area contributed by atoms with Gasteiger partial charge in [0.2, 0.25) is 10.0 Å². The summed E-state index contributed by atoms with van der Waals surface area (Å²) in [6.07, 6.45) is -4.19. The highest BCUT2D eigenvalue weighted by atomic mass is 32.2. The van der Waals surface area contributed by atoms with E-state index in [4.69, 9.17) is 14.6 Å². The van der Waals surface area contributed by atoms with E-state index in [2.05, 4.69) is 27.4 Å². The van der Waals surface area contributed by atoms with Gasteiger partial charge in [-0.2, -0.15) is 13.2 Å². The minimum Gasteiger partial charge on any atom is -0.489 e. The van der Waals surface area contributed by atoms with E-state index in [0.717, 1.165) is 36.3 Å².